The Morgan fingerprint density at radius 3 is 2.12 bits per heavy atom. The van der Waals surface area contributed by atoms with Gasteiger partial charge in [0.05, 0.1) is 0 Å². The Labute approximate surface area is 188 Å². The fraction of sp³-hybridized carbons (Fsp3) is 0.333. The van der Waals surface area contributed by atoms with Gasteiger partial charge in [-0.25, -0.2) is 9.67 Å². The molecular formula is C24H30N6O2. The molecule has 0 aliphatic carbocycles. The van der Waals surface area contributed by atoms with E-state index in [9.17, 15) is 9.59 Å². The highest BCUT2D eigenvalue weighted by Gasteiger charge is 2.15. The normalized spacial score (nSPS) is 12.1. The molecule has 2 amide bonds. The van der Waals surface area contributed by atoms with Crippen LogP contribution in [0.25, 0.3) is 0 Å². The molecule has 1 heterocycles. The van der Waals surface area contributed by atoms with Crippen LogP contribution in [0.2, 0.25) is 0 Å². The molecule has 32 heavy (non-hydrogen) atoms. The van der Waals surface area contributed by atoms with Gasteiger partial charge in [0.2, 0.25) is 5.91 Å². The highest BCUT2D eigenvalue weighted by molar-refractivity contribution is 6.04. The van der Waals surface area contributed by atoms with Crippen molar-refractivity contribution in [2.75, 3.05) is 17.2 Å². The van der Waals surface area contributed by atoms with Crippen molar-refractivity contribution in [3.8, 4) is 0 Å². The number of hydrogen-bond donors (Lipinski definition) is 2. The third-order valence-electron chi connectivity index (χ3n) is 5.36. The summed E-state index contributed by atoms with van der Waals surface area (Å²) in [6.45, 7) is 10.1. The van der Waals surface area contributed by atoms with Crippen molar-refractivity contribution >= 4 is 23.2 Å². The number of aromatic nitrogens is 3. The van der Waals surface area contributed by atoms with E-state index in [-0.39, 0.29) is 11.8 Å². The van der Waals surface area contributed by atoms with E-state index in [0.717, 1.165) is 13.1 Å². The van der Waals surface area contributed by atoms with E-state index < -0.39 is 6.04 Å². The summed E-state index contributed by atoms with van der Waals surface area (Å²) in [4.78, 5) is 31.1. The van der Waals surface area contributed by atoms with Gasteiger partial charge in [-0.2, -0.15) is 5.10 Å². The van der Waals surface area contributed by atoms with Crippen molar-refractivity contribution in [2.45, 2.75) is 46.3 Å². The molecule has 3 aromatic rings. The van der Waals surface area contributed by atoms with Gasteiger partial charge in [0.1, 0.15) is 18.7 Å². The first kappa shape index (κ1) is 23.1. The molecule has 0 fully saturated rings. The zero-order valence-electron chi connectivity index (χ0n) is 18.9. The van der Waals surface area contributed by atoms with Crippen molar-refractivity contribution < 1.29 is 9.59 Å². The second-order valence-corrected chi connectivity index (χ2v) is 7.93. The lowest BCUT2D eigenvalue weighted by Gasteiger charge is -2.24. The maximum absolute atomic E-state index is 12.6. The molecular weight excluding hydrogens is 404 g/mol. The second-order valence-electron chi connectivity index (χ2n) is 7.93. The topological polar surface area (TPSA) is 92.2 Å². The Hall–Kier alpha value is -3.52. The summed E-state index contributed by atoms with van der Waals surface area (Å²) in [6.07, 6.45) is 2.89. The fourth-order valence-electron chi connectivity index (χ4n) is 3.28. The SMILES string of the molecule is CCN(Cc1ccc(C(=O)Nc2ccc(NC(=O)C(C)n3cncn3)cc2)cc1)C(C)C. The first-order valence-corrected chi connectivity index (χ1v) is 10.8. The molecule has 0 aliphatic rings. The Kier molecular flexibility index (Phi) is 7.72. The summed E-state index contributed by atoms with van der Waals surface area (Å²) in [6, 6.07) is 14.7. The summed E-state index contributed by atoms with van der Waals surface area (Å²) < 4.78 is 1.48. The Bertz CT molecular complexity index is 1010. The molecule has 0 bridgehead atoms. The minimum Gasteiger partial charge on any atom is -0.324 e. The number of anilines is 2. The smallest absolute Gasteiger partial charge is 0.255 e. The summed E-state index contributed by atoms with van der Waals surface area (Å²) in [5, 5.41) is 9.70. The van der Waals surface area contributed by atoms with Gasteiger partial charge in [0.25, 0.3) is 5.91 Å². The van der Waals surface area contributed by atoms with Gasteiger partial charge in [0, 0.05) is 29.5 Å². The monoisotopic (exact) mass is 434 g/mol. The van der Waals surface area contributed by atoms with Crippen molar-refractivity contribution in [3.05, 3.63) is 72.3 Å². The van der Waals surface area contributed by atoms with E-state index in [4.69, 9.17) is 0 Å². The van der Waals surface area contributed by atoms with Crippen molar-refractivity contribution in [1.29, 1.82) is 0 Å². The number of benzene rings is 2. The summed E-state index contributed by atoms with van der Waals surface area (Å²) >= 11 is 0. The molecule has 0 spiro atoms. The van der Waals surface area contributed by atoms with Crippen LogP contribution < -0.4 is 10.6 Å². The second kappa shape index (κ2) is 10.7. The van der Waals surface area contributed by atoms with Gasteiger partial charge in [-0.3, -0.25) is 14.5 Å². The zero-order valence-corrected chi connectivity index (χ0v) is 18.9. The van der Waals surface area contributed by atoms with E-state index in [2.05, 4.69) is 46.4 Å². The van der Waals surface area contributed by atoms with E-state index in [0.29, 0.717) is 23.0 Å². The predicted molar refractivity (Wildman–Crippen MR) is 125 cm³/mol. The quantitative estimate of drug-likeness (QED) is 0.532. The Balaban J connectivity index is 1.55. The van der Waals surface area contributed by atoms with Crippen LogP contribution >= 0.6 is 0 Å². The zero-order chi connectivity index (χ0) is 23.1. The minimum absolute atomic E-state index is 0.177. The molecule has 0 saturated heterocycles. The van der Waals surface area contributed by atoms with Crippen LogP contribution in [0, 0.1) is 0 Å². The van der Waals surface area contributed by atoms with Gasteiger partial charge >= 0.3 is 0 Å². The summed E-state index contributed by atoms with van der Waals surface area (Å²) in [5.41, 5.74) is 3.06. The first-order valence-electron chi connectivity index (χ1n) is 10.8. The molecule has 2 N–H and O–H groups in total. The summed E-state index contributed by atoms with van der Waals surface area (Å²) in [5.74, 6) is -0.379. The summed E-state index contributed by atoms with van der Waals surface area (Å²) in [7, 11) is 0. The van der Waals surface area contributed by atoms with Crippen molar-refractivity contribution in [2.24, 2.45) is 0 Å². The van der Waals surface area contributed by atoms with Gasteiger partial charge in [-0.05, 0) is 69.3 Å². The number of hydrogen-bond acceptors (Lipinski definition) is 5. The first-order chi connectivity index (χ1) is 15.4. The van der Waals surface area contributed by atoms with Gasteiger partial charge in [-0.15, -0.1) is 0 Å². The lowest BCUT2D eigenvalue weighted by Crippen LogP contribution is -2.29. The minimum atomic E-state index is -0.482. The fourth-order valence-corrected chi connectivity index (χ4v) is 3.28. The predicted octanol–water partition coefficient (Wildman–Crippen LogP) is 3.96. The molecule has 0 aliphatic heterocycles. The molecule has 0 saturated carbocycles. The number of rotatable bonds is 9. The molecule has 0 radical (unpaired) electrons. The van der Waals surface area contributed by atoms with Crippen LogP contribution in [0.5, 0.6) is 0 Å². The lowest BCUT2D eigenvalue weighted by molar-refractivity contribution is -0.119. The maximum atomic E-state index is 12.6. The lowest BCUT2D eigenvalue weighted by atomic mass is 10.1. The van der Waals surface area contributed by atoms with E-state index >= 15 is 0 Å². The molecule has 8 nitrogen and oxygen atoms in total. The van der Waals surface area contributed by atoms with Crippen LogP contribution in [0.15, 0.2) is 61.2 Å². The standard InChI is InChI=1S/C24H30N6O2/c1-5-29(17(2)3)14-19-6-8-20(9-7-19)24(32)28-22-12-10-21(11-13-22)27-23(31)18(4)30-16-25-15-26-30/h6-13,15-18H,5,14H2,1-4H3,(H,27,31)(H,28,32). The van der Waals surface area contributed by atoms with Crippen LogP contribution in [0.3, 0.4) is 0 Å². The molecule has 8 heteroatoms. The van der Waals surface area contributed by atoms with E-state index in [1.165, 1.54) is 22.9 Å². The van der Waals surface area contributed by atoms with Crippen LogP contribution in [0.4, 0.5) is 11.4 Å². The number of nitrogens with zero attached hydrogens (tertiary/aromatic N) is 4. The molecule has 1 unspecified atom stereocenters. The number of amides is 2. The Morgan fingerprint density at radius 2 is 1.59 bits per heavy atom. The van der Waals surface area contributed by atoms with Gasteiger partial charge in [-0.1, -0.05) is 19.1 Å². The molecule has 2 aromatic carbocycles. The highest BCUT2D eigenvalue weighted by atomic mass is 16.2. The van der Waals surface area contributed by atoms with Crippen molar-refractivity contribution in [3.63, 3.8) is 0 Å². The average Bonchev–Trinajstić information content (AvgIpc) is 3.33. The number of carbonyl (C=O) groups excluding carboxylic acids is 2. The van der Waals surface area contributed by atoms with Crippen molar-refractivity contribution in [1.82, 2.24) is 19.7 Å². The largest absolute Gasteiger partial charge is 0.324 e. The number of nitrogens with one attached hydrogen (secondary N) is 2. The van der Waals surface area contributed by atoms with Crippen LogP contribution in [0.1, 0.15) is 49.7 Å². The number of carbonyl (C=O) groups is 2. The Morgan fingerprint density at radius 1 is 0.969 bits per heavy atom. The average molecular weight is 435 g/mol. The molecule has 3 rings (SSSR count). The van der Waals surface area contributed by atoms with Gasteiger partial charge in [0.15, 0.2) is 0 Å². The van der Waals surface area contributed by atoms with Crippen LogP contribution in [-0.2, 0) is 11.3 Å². The third-order valence-corrected chi connectivity index (χ3v) is 5.36. The van der Waals surface area contributed by atoms with Gasteiger partial charge < -0.3 is 10.6 Å². The van der Waals surface area contributed by atoms with E-state index in [1.807, 2.05) is 24.3 Å². The highest BCUT2D eigenvalue weighted by Crippen LogP contribution is 2.17. The van der Waals surface area contributed by atoms with Crippen LogP contribution in [-0.4, -0.2) is 44.1 Å². The molecule has 1 aromatic heterocycles. The molecule has 168 valence electrons. The van der Waals surface area contributed by atoms with E-state index in [1.54, 1.807) is 31.2 Å². The maximum Gasteiger partial charge on any atom is 0.255 e. The molecule has 1 atom stereocenters. The third kappa shape index (κ3) is 6.01.